The van der Waals surface area contributed by atoms with Gasteiger partial charge in [0.2, 0.25) is 16.0 Å². The Labute approximate surface area is 207 Å². The van der Waals surface area contributed by atoms with E-state index in [1.54, 1.807) is 0 Å². The van der Waals surface area contributed by atoms with E-state index in [0.717, 1.165) is 54.5 Å². The summed E-state index contributed by atoms with van der Waals surface area (Å²) in [7, 11) is -0.316. The summed E-state index contributed by atoms with van der Waals surface area (Å²) in [5, 5.41) is 4.37. The molecule has 0 radical (unpaired) electrons. The number of alkyl halides is 3. The zero-order valence-electron chi connectivity index (χ0n) is 19.9. The molecule has 0 unspecified atom stereocenters. The van der Waals surface area contributed by atoms with E-state index in [4.69, 9.17) is 0 Å². The number of hydrogen-bond donors (Lipinski definition) is 2. The largest absolute Gasteiger partial charge is 0.573 e. The van der Waals surface area contributed by atoms with Crippen LogP contribution in [0.3, 0.4) is 0 Å². The first-order chi connectivity index (χ1) is 17.0. The monoisotopic (exact) mass is 523 g/mol. The quantitative estimate of drug-likeness (QED) is 0.447. The maximum atomic E-state index is 12.7. The van der Waals surface area contributed by atoms with Crippen LogP contribution in [0.4, 0.5) is 24.9 Å². The van der Waals surface area contributed by atoms with Gasteiger partial charge < -0.3 is 15.0 Å². The highest BCUT2D eigenvalue weighted by Crippen LogP contribution is 2.31. The summed E-state index contributed by atoms with van der Waals surface area (Å²) in [4.78, 5) is 10.7. The van der Waals surface area contributed by atoms with E-state index in [1.165, 1.54) is 12.1 Å². The number of benzene rings is 2. The molecule has 1 aromatic heterocycles. The van der Waals surface area contributed by atoms with Gasteiger partial charge in [-0.1, -0.05) is 24.3 Å². The number of para-hydroxylation sites is 2. The van der Waals surface area contributed by atoms with E-state index in [9.17, 15) is 21.6 Å². The summed E-state index contributed by atoms with van der Waals surface area (Å²) in [5.74, 6) is 0.671. The van der Waals surface area contributed by atoms with Gasteiger partial charge >= 0.3 is 6.36 Å². The summed E-state index contributed by atoms with van der Waals surface area (Å²) in [6.45, 7) is 0.132. The SMILES string of the molecule is CN(C)c1nc(N[C@H]2CC[C@@H](CNS(=O)(=O)c3ccccc3OC(F)(F)F)CC2)nc2ccccc12. The molecular formula is C24H28F3N5O3S. The zero-order valence-corrected chi connectivity index (χ0v) is 20.7. The van der Waals surface area contributed by atoms with Crippen molar-refractivity contribution < 1.29 is 26.3 Å². The molecule has 0 saturated heterocycles. The molecule has 4 rings (SSSR count). The molecule has 1 fully saturated rings. The van der Waals surface area contributed by atoms with E-state index in [2.05, 4.69) is 24.7 Å². The molecule has 12 heteroatoms. The van der Waals surface area contributed by atoms with Crippen molar-refractivity contribution in [3.05, 3.63) is 48.5 Å². The standard InChI is InChI=1S/C24H28F3N5O3S/c1-32(2)22-18-7-3-4-8-19(18)30-23(31-22)29-17-13-11-16(12-14-17)15-28-36(33,34)21-10-6-5-9-20(21)35-24(25,26)27/h3-10,16-17,28H,11-15H2,1-2H3,(H,29,30,31)/t16-,17+. The van der Waals surface area contributed by atoms with E-state index in [-0.39, 0.29) is 18.5 Å². The topological polar surface area (TPSA) is 96.5 Å². The first-order valence-corrected chi connectivity index (χ1v) is 13.1. The average molecular weight is 524 g/mol. The van der Waals surface area contributed by atoms with Crippen LogP contribution in [0, 0.1) is 5.92 Å². The molecule has 1 aliphatic rings. The van der Waals surface area contributed by atoms with Gasteiger partial charge in [0.05, 0.1) is 5.52 Å². The fraction of sp³-hybridized carbons (Fsp3) is 0.417. The van der Waals surface area contributed by atoms with Crippen LogP contribution in [0.5, 0.6) is 5.75 Å². The molecule has 3 aromatic rings. The third-order valence-electron chi connectivity index (χ3n) is 6.11. The fourth-order valence-corrected chi connectivity index (χ4v) is 5.59. The van der Waals surface area contributed by atoms with Crippen LogP contribution < -0.4 is 19.7 Å². The Morgan fingerprint density at radius 2 is 1.67 bits per heavy atom. The van der Waals surface area contributed by atoms with Crippen molar-refractivity contribution in [1.29, 1.82) is 0 Å². The molecule has 0 spiro atoms. The minimum Gasteiger partial charge on any atom is -0.404 e. The van der Waals surface area contributed by atoms with Crippen molar-refractivity contribution in [3.63, 3.8) is 0 Å². The van der Waals surface area contributed by atoms with Crippen molar-refractivity contribution in [1.82, 2.24) is 14.7 Å². The second-order valence-corrected chi connectivity index (χ2v) is 10.7. The molecule has 0 atom stereocenters. The van der Waals surface area contributed by atoms with Crippen LogP contribution in [0.1, 0.15) is 25.7 Å². The Bertz CT molecular complexity index is 1310. The maximum absolute atomic E-state index is 12.7. The lowest BCUT2D eigenvalue weighted by molar-refractivity contribution is -0.275. The number of nitrogens with one attached hydrogen (secondary N) is 2. The van der Waals surface area contributed by atoms with E-state index in [0.29, 0.717) is 5.95 Å². The summed E-state index contributed by atoms with van der Waals surface area (Å²) in [6.07, 6.45) is -1.93. The van der Waals surface area contributed by atoms with Crippen LogP contribution in [-0.2, 0) is 10.0 Å². The third-order valence-corrected chi connectivity index (χ3v) is 7.58. The first kappa shape index (κ1) is 26.0. The molecule has 1 saturated carbocycles. The Balaban J connectivity index is 1.35. The molecule has 194 valence electrons. The van der Waals surface area contributed by atoms with Gasteiger partial charge in [-0.25, -0.2) is 18.1 Å². The van der Waals surface area contributed by atoms with Gasteiger partial charge in [-0.3, -0.25) is 0 Å². The number of anilines is 2. The second kappa shape index (κ2) is 10.5. The van der Waals surface area contributed by atoms with Crippen LogP contribution in [0.2, 0.25) is 0 Å². The Morgan fingerprint density at radius 3 is 2.36 bits per heavy atom. The van der Waals surface area contributed by atoms with E-state index >= 15 is 0 Å². The van der Waals surface area contributed by atoms with Crippen LogP contribution >= 0.6 is 0 Å². The van der Waals surface area contributed by atoms with Crippen molar-refractivity contribution in [2.75, 3.05) is 30.9 Å². The summed E-state index contributed by atoms with van der Waals surface area (Å²) in [5.41, 5.74) is 0.844. The molecule has 2 N–H and O–H groups in total. The van der Waals surface area contributed by atoms with Crippen LogP contribution in [-0.4, -0.2) is 51.4 Å². The van der Waals surface area contributed by atoms with E-state index in [1.807, 2.05) is 43.3 Å². The highest BCUT2D eigenvalue weighted by Gasteiger charge is 2.34. The second-order valence-electron chi connectivity index (χ2n) is 8.99. The number of ether oxygens (including phenoxy) is 1. The number of rotatable bonds is 8. The molecule has 1 heterocycles. The average Bonchev–Trinajstić information content (AvgIpc) is 2.82. The maximum Gasteiger partial charge on any atom is 0.573 e. The van der Waals surface area contributed by atoms with Gasteiger partial charge in [0, 0.05) is 32.1 Å². The van der Waals surface area contributed by atoms with Gasteiger partial charge in [0.1, 0.15) is 16.5 Å². The molecule has 36 heavy (non-hydrogen) atoms. The number of aromatic nitrogens is 2. The van der Waals surface area contributed by atoms with Gasteiger partial charge in [-0.2, -0.15) is 4.98 Å². The number of halogens is 3. The summed E-state index contributed by atoms with van der Waals surface area (Å²) < 4.78 is 69.7. The van der Waals surface area contributed by atoms with Crippen LogP contribution in [0.25, 0.3) is 10.9 Å². The minimum atomic E-state index is -4.99. The molecule has 2 aromatic carbocycles. The van der Waals surface area contributed by atoms with Crippen molar-refractivity contribution >= 4 is 32.7 Å². The molecule has 8 nitrogen and oxygen atoms in total. The highest BCUT2D eigenvalue weighted by atomic mass is 32.2. The van der Waals surface area contributed by atoms with Crippen LogP contribution in [0.15, 0.2) is 53.4 Å². The third kappa shape index (κ3) is 6.35. The van der Waals surface area contributed by atoms with Gasteiger partial charge in [0.15, 0.2) is 0 Å². The highest BCUT2D eigenvalue weighted by molar-refractivity contribution is 7.89. The van der Waals surface area contributed by atoms with E-state index < -0.39 is 27.0 Å². The molecule has 1 aliphatic carbocycles. The van der Waals surface area contributed by atoms with Crippen molar-refractivity contribution in [2.45, 2.75) is 43.0 Å². The van der Waals surface area contributed by atoms with Gasteiger partial charge in [-0.15, -0.1) is 13.2 Å². The Hall–Kier alpha value is -3.12. The lowest BCUT2D eigenvalue weighted by Gasteiger charge is -2.29. The molecular weight excluding hydrogens is 495 g/mol. The fourth-order valence-electron chi connectivity index (χ4n) is 4.35. The number of sulfonamides is 1. The summed E-state index contributed by atoms with van der Waals surface area (Å²) >= 11 is 0. The van der Waals surface area contributed by atoms with Crippen molar-refractivity contribution in [3.8, 4) is 5.75 Å². The molecule has 0 amide bonds. The lowest BCUT2D eigenvalue weighted by atomic mass is 9.86. The smallest absolute Gasteiger partial charge is 0.404 e. The number of nitrogens with zero attached hydrogens (tertiary/aromatic N) is 3. The molecule has 0 bridgehead atoms. The minimum absolute atomic E-state index is 0.0587. The Morgan fingerprint density at radius 1 is 1.00 bits per heavy atom. The predicted molar refractivity (Wildman–Crippen MR) is 132 cm³/mol. The predicted octanol–water partition coefficient (Wildman–Crippen LogP) is 4.54. The van der Waals surface area contributed by atoms with Gasteiger partial charge in [0.25, 0.3) is 0 Å². The molecule has 0 aliphatic heterocycles. The van der Waals surface area contributed by atoms with Crippen molar-refractivity contribution in [2.24, 2.45) is 5.92 Å². The lowest BCUT2D eigenvalue weighted by Crippen LogP contribution is -2.34. The first-order valence-electron chi connectivity index (χ1n) is 11.6. The normalized spacial score (nSPS) is 18.7. The van der Waals surface area contributed by atoms with Gasteiger partial charge in [-0.05, 0) is 55.9 Å². The zero-order chi connectivity index (χ0) is 25.9. The summed E-state index contributed by atoms with van der Waals surface area (Å²) in [6, 6.07) is 12.6. The Kier molecular flexibility index (Phi) is 7.55. The number of fused-ring (bicyclic) bond motifs is 1. The number of hydrogen-bond acceptors (Lipinski definition) is 7.